The van der Waals surface area contributed by atoms with E-state index in [4.69, 9.17) is 0 Å². The number of hydrogen-bond donors (Lipinski definition) is 1. The number of hydrazine groups is 2. The number of nitrogens with one attached hydrogen (secondary N) is 1. The molecule has 0 atom stereocenters. The van der Waals surface area contributed by atoms with Crippen molar-refractivity contribution in [3.8, 4) is 0 Å². The highest BCUT2D eigenvalue weighted by Gasteiger charge is 1.99. The second kappa shape index (κ2) is 6.90. The lowest BCUT2D eigenvalue weighted by molar-refractivity contribution is 0.0368. The Morgan fingerprint density at radius 2 is 1.87 bits per heavy atom. The highest BCUT2D eigenvalue weighted by molar-refractivity contribution is 5.15. The van der Waals surface area contributed by atoms with E-state index in [2.05, 4.69) is 18.6 Å². The first-order chi connectivity index (χ1) is 6.97. The molecule has 84 valence electrons. The molecule has 3 nitrogen and oxygen atoms in total. The fourth-order valence-electron chi connectivity index (χ4n) is 0.953. The van der Waals surface area contributed by atoms with Crippen LogP contribution in [0.5, 0.6) is 0 Å². The number of allylic oxidation sites excluding steroid dienone is 4. The minimum absolute atomic E-state index is 0.858. The van der Waals surface area contributed by atoms with E-state index in [1.165, 1.54) is 5.57 Å². The second-order valence-electron chi connectivity index (χ2n) is 3.53. The lowest BCUT2D eigenvalue weighted by Gasteiger charge is -2.28. The molecule has 0 radical (unpaired) electrons. The predicted octanol–water partition coefficient (Wildman–Crippen LogP) is 2.45. The zero-order valence-corrected chi connectivity index (χ0v) is 10.1. The minimum Gasteiger partial charge on any atom is -0.302 e. The third-order valence-corrected chi connectivity index (χ3v) is 1.68. The minimum atomic E-state index is 0.858. The van der Waals surface area contributed by atoms with Gasteiger partial charge in [0.15, 0.2) is 0 Å². The fraction of sp³-hybridized carbons (Fsp3) is 0.333. The van der Waals surface area contributed by atoms with E-state index >= 15 is 0 Å². The van der Waals surface area contributed by atoms with Gasteiger partial charge in [-0.1, -0.05) is 24.8 Å². The molecule has 0 amide bonds. The van der Waals surface area contributed by atoms with Crippen LogP contribution in [0.3, 0.4) is 0 Å². The lowest BCUT2D eigenvalue weighted by atomic mass is 10.3. The molecular formula is C12H21N3. The van der Waals surface area contributed by atoms with Gasteiger partial charge in [-0.15, -0.1) is 5.12 Å². The van der Waals surface area contributed by atoms with Crippen molar-refractivity contribution in [3.05, 3.63) is 48.9 Å². The molecule has 15 heavy (non-hydrogen) atoms. The highest BCUT2D eigenvalue weighted by atomic mass is 15.8. The van der Waals surface area contributed by atoms with Gasteiger partial charge in [0.25, 0.3) is 0 Å². The summed E-state index contributed by atoms with van der Waals surface area (Å²) in [7, 11) is 3.85. The van der Waals surface area contributed by atoms with Crippen molar-refractivity contribution in [2.45, 2.75) is 13.8 Å². The molecule has 0 aromatic rings. The van der Waals surface area contributed by atoms with Crippen LogP contribution in [-0.4, -0.2) is 24.2 Å². The van der Waals surface area contributed by atoms with Crippen LogP contribution in [0, 0.1) is 0 Å². The molecule has 1 N–H and O–H groups in total. The molecule has 0 aromatic heterocycles. The SMILES string of the molecule is C=C/C=C\N(C)N(C)NC(=C)C=C(C)C. The summed E-state index contributed by atoms with van der Waals surface area (Å²) in [6.45, 7) is 11.6. The van der Waals surface area contributed by atoms with Crippen molar-refractivity contribution in [3.63, 3.8) is 0 Å². The Morgan fingerprint density at radius 3 is 2.33 bits per heavy atom. The van der Waals surface area contributed by atoms with Gasteiger partial charge in [0.2, 0.25) is 0 Å². The summed E-state index contributed by atoms with van der Waals surface area (Å²) < 4.78 is 0. The van der Waals surface area contributed by atoms with Crippen LogP contribution in [-0.2, 0) is 0 Å². The predicted molar refractivity (Wildman–Crippen MR) is 66.6 cm³/mol. The molecule has 0 aliphatic rings. The summed E-state index contributed by atoms with van der Waals surface area (Å²) in [6.07, 6.45) is 7.48. The topological polar surface area (TPSA) is 18.5 Å². The van der Waals surface area contributed by atoms with Gasteiger partial charge < -0.3 is 5.43 Å². The average molecular weight is 207 g/mol. The number of rotatable bonds is 6. The van der Waals surface area contributed by atoms with Gasteiger partial charge in [0.05, 0.1) is 0 Å². The molecule has 0 bridgehead atoms. The normalized spacial score (nSPS) is 10.2. The maximum absolute atomic E-state index is 3.90. The van der Waals surface area contributed by atoms with Gasteiger partial charge >= 0.3 is 0 Å². The summed E-state index contributed by atoms with van der Waals surface area (Å²) in [4.78, 5) is 0. The van der Waals surface area contributed by atoms with Crippen molar-refractivity contribution >= 4 is 0 Å². The van der Waals surface area contributed by atoms with Gasteiger partial charge in [-0.05, 0) is 26.0 Å². The third-order valence-electron chi connectivity index (χ3n) is 1.68. The van der Waals surface area contributed by atoms with Crippen molar-refractivity contribution in [1.82, 2.24) is 15.6 Å². The van der Waals surface area contributed by atoms with Gasteiger partial charge in [-0.25, -0.2) is 0 Å². The molecule has 0 saturated carbocycles. The molecular weight excluding hydrogens is 186 g/mol. The van der Waals surface area contributed by atoms with Crippen LogP contribution in [0.25, 0.3) is 0 Å². The monoisotopic (exact) mass is 207 g/mol. The first kappa shape index (κ1) is 13.5. The molecule has 0 aromatic carbocycles. The molecule has 0 unspecified atom stereocenters. The van der Waals surface area contributed by atoms with Crippen molar-refractivity contribution in [2.24, 2.45) is 0 Å². The van der Waals surface area contributed by atoms with Crippen LogP contribution in [0.4, 0.5) is 0 Å². The van der Waals surface area contributed by atoms with Crippen LogP contribution in [0.15, 0.2) is 48.9 Å². The quantitative estimate of drug-likeness (QED) is 0.533. The number of nitrogens with zero attached hydrogens (tertiary/aromatic N) is 2. The summed E-state index contributed by atoms with van der Waals surface area (Å²) in [6, 6.07) is 0. The first-order valence-corrected chi connectivity index (χ1v) is 4.83. The van der Waals surface area contributed by atoms with Crippen LogP contribution in [0.1, 0.15) is 13.8 Å². The zero-order chi connectivity index (χ0) is 11.8. The standard InChI is InChI=1S/C12H21N3/c1-7-8-9-14(5)15(6)13-12(4)10-11(2)3/h7-10,13H,1,4H2,2-3,5-6H3/b9-8-. The Balaban J connectivity index is 4.18. The fourth-order valence-corrected chi connectivity index (χ4v) is 0.953. The third kappa shape index (κ3) is 6.57. The van der Waals surface area contributed by atoms with E-state index in [0.29, 0.717) is 0 Å². The maximum Gasteiger partial charge on any atom is 0.0435 e. The van der Waals surface area contributed by atoms with Crippen molar-refractivity contribution < 1.29 is 0 Å². The molecule has 3 heteroatoms. The van der Waals surface area contributed by atoms with Crippen LogP contribution < -0.4 is 5.43 Å². The first-order valence-electron chi connectivity index (χ1n) is 4.83. The molecule has 0 saturated heterocycles. The van der Waals surface area contributed by atoms with Crippen molar-refractivity contribution in [1.29, 1.82) is 0 Å². The maximum atomic E-state index is 3.90. The summed E-state index contributed by atoms with van der Waals surface area (Å²) in [5.41, 5.74) is 5.19. The van der Waals surface area contributed by atoms with Gasteiger partial charge in [-0.3, -0.25) is 5.01 Å². The molecule has 0 aliphatic carbocycles. The Labute approximate surface area is 93.0 Å². The Kier molecular flexibility index (Phi) is 6.22. The van der Waals surface area contributed by atoms with E-state index < -0.39 is 0 Å². The van der Waals surface area contributed by atoms with Crippen LogP contribution in [0.2, 0.25) is 0 Å². The van der Waals surface area contributed by atoms with Crippen molar-refractivity contribution in [2.75, 3.05) is 14.1 Å². The molecule has 0 rings (SSSR count). The molecule has 0 spiro atoms. The van der Waals surface area contributed by atoms with Gasteiger partial charge in [-0.2, -0.15) is 0 Å². The zero-order valence-electron chi connectivity index (χ0n) is 10.1. The Morgan fingerprint density at radius 1 is 1.27 bits per heavy atom. The second-order valence-corrected chi connectivity index (χ2v) is 3.53. The van der Waals surface area contributed by atoms with E-state index in [0.717, 1.165) is 5.70 Å². The van der Waals surface area contributed by atoms with Gasteiger partial charge in [0, 0.05) is 26.0 Å². The van der Waals surface area contributed by atoms with E-state index in [1.807, 2.05) is 56.4 Å². The number of hydrogen-bond acceptors (Lipinski definition) is 3. The molecule has 0 fully saturated rings. The molecule has 0 heterocycles. The largest absolute Gasteiger partial charge is 0.302 e. The van der Waals surface area contributed by atoms with E-state index in [-0.39, 0.29) is 0 Å². The lowest BCUT2D eigenvalue weighted by Crippen LogP contribution is -2.42. The summed E-state index contributed by atoms with van der Waals surface area (Å²) >= 11 is 0. The highest BCUT2D eigenvalue weighted by Crippen LogP contribution is 1.97. The smallest absolute Gasteiger partial charge is 0.0435 e. The molecule has 0 aliphatic heterocycles. The van der Waals surface area contributed by atoms with Crippen LogP contribution >= 0.6 is 0 Å². The van der Waals surface area contributed by atoms with E-state index in [9.17, 15) is 0 Å². The Hall–Kier alpha value is -1.48. The average Bonchev–Trinajstić information content (AvgIpc) is 2.12. The van der Waals surface area contributed by atoms with E-state index in [1.54, 1.807) is 6.08 Å². The summed E-state index contributed by atoms with van der Waals surface area (Å²) in [5.74, 6) is 0. The summed E-state index contributed by atoms with van der Waals surface area (Å²) in [5, 5.41) is 3.73. The van der Waals surface area contributed by atoms with Gasteiger partial charge in [0.1, 0.15) is 0 Å². The Bertz CT molecular complexity index is 273.